The third-order valence-corrected chi connectivity index (χ3v) is 6.66. The maximum absolute atomic E-state index is 13.5. The van der Waals surface area contributed by atoms with Gasteiger partial charge in [-0.05, 0) is 54.2 Å². The Morgan fingerprint density at radius 2 is 1.72 bits per heavy atom. The molecule has 1 aliphatic carbocycles. The minimum absolute atomic E-state index is 0.107. The van der Waals surface area contributed by atoms with E-state index in [0.29, 0.717) is 19.0 Å². The largest absolute Gasteiger partial charge is 0.497 e. The average Bonchev–Trinajstić information content (AvgIpc) is 2.81. The highest BCUT2D eigenvalue weighted by Gasteiger charge is 2.28. The van der Waals surface area contributed by atoms with E-state index in [4.69, 9.17) is 4.74 Å². The summed E-state index contributed by atoms with van der Waals surface area (Å²) in [7, 11) is 1.65. The molecule has 0 radical (unpaired) electrons. The fourth-order valence-electron chi connectivity index (χ4n) is 4.88. The van der Waals surface area contributed by atoms with Crippen molar-refractivity contribution in [2.45, 2.75) is 44.7 Å². The van der Waals surface area contributed by atoms with Gasteiger partial charge in [0.15, 0.2) is 0 Å². The third kappa shape index (κ3) is 5.77. The van der Waals surface area contributed by atoms with Crippen molar-refractivity contribution in [3.8, 4) is 5.75 Å². The lowest BCUT2D eigenvalue weighted by molar-refractivity contribution is -0.135. The van der Waals surface area contributed by atoms with Crippen LogP contribution in [0.25, 0.3) is 0 Å². The molecule has 5 heteroatoms. The molecule has 1 saturated carbocycles. The number of hydrogen-bond donors (Lipinski definition) is 0. The molecule has 1 amide bonds. The molecular formula is C27H33FN2O2. The first-order valence-electron chi connectivity index (χ1n) is 11.7. The van der Waals surface area contributed by atoms with Crippen LogP contribution in [0.2, 0.25) is 0 Å². The summed E-state index contributed by atoms with van der Waals surface area (Å²) in [6.45, 7) is 2.62. The van der Waals surface area contributed by atoms with Crippen LogP contribution in [0, 0.1) is 11.7 Å². The molecule has 1 heterocycles. The summed E-state index contributed by atoms with van der Waals surface area (Å²) in [5, 5.41) is 0. The number of halogens is 1. The molecule has 2 aliphatic rings. The van der Waals surface area contributed by atoms with Gasteiger partial charge >= 0.3 is 0 Å². The second-order valence-corrected chi connectivity index (χ2v) is 8.99. The Morgan fingerprint density at radius 3 is 2.41 bits per heavy atom. The van der Waals surface area contributed by atoms with Gasteiger partial charge in [0.2, 0.25) is 5.91 Å². The first-order valence-corrected chi connectivity index (χ1v) is 11.7. The van der Waals surface area contributed by atoms with Crippen molar-refractivity contribution in [1.82, 2.24) is 9.80 Å². The number of carbonyl (C=O) groups excluding carboxylic acids is 1. The molecule has 1 aliphatic heterocycles. The number of nitrogens with zero attached hydrogens (tertiary/aromatic N) is 2. The van der Waals surface area contributed by atoms with Crippen molar-refractivity contribution in [3.63, 3.8) is 0 Å². The molecule has 4 rings (SSSR count). The minimum Gasteiger partial charge on any atom is -0.497 e. The summed E-state index contributed by atoms with van der Waals surface area (Å²) in [5.41, 5.74) is 1.96. The van der Waals surface area contributed by atoms with E-state index in [2.05, 4.69) is 17.1 Å². The predicted molar refractivity (Wildman–Crippen MR) is 125 cm³/mol. The first-order chi connectivity index (χ1) is 15.6. The second-order valence-electron chi connectivity index (χ2n) is 8.99. The summed E-state index contributed by atoms with van der Waals surface area (Å²) in [6, 6.07) is 14.1. The Kier molecular flexibility index (Phi) is 7.59. The predicted octanol–water partition coefficient (Wildman–Crippen LogP) is 5.36. The summed E-state index contributed by atoms with van der Waals surface area (Å²) in [4.78, 5) is 17.8. The van der Waals surface area contributed by atoms with Crippen LogP contribution in [-0.4, -0.2) is 42.5 Å². The highest BCUT2D eigenvalue weighted by atomic mass is 19.1. The van der Waals surface area contributed by atoms with Gasteiger partial charge < -0.3 is 9.64 Å². The van der Waals surface area contributed by atoms with Gasteiger partial charge in [0, 0.05) is 19.6 Å². The van der Waals surface area contributed by atoms with Gasteiger partial charge in [-0.1, -0.05) is 55.7 Å². The van der Waals surface area contributed by atoms with Crippen molar-refractivity contribution in [2.75, 3.05) is 26.7 Å². The molecule has 0 N–H and O–H groups in total. The van der Waals surface area contributed by atoms with Crippen LogP contribution in [0.15, 0.2) is 60.7 Å². The van der Waals surface area contributed by atoms with Gasteiger partial charge in [-0.15, -0.1) is 0 Å². The lowest BCUT2D eigenvalue weighted by Crippen LogP contribution is -2.44. The van der Waals surface area contributed by atoms with Gasteiger partial charge in [-0.2, -0.15) is 0 Å². The van der Waals surface area contributed by atoms with Gasteiger partial charge in [-0.25, -0.2) is 4.39 Å². The maximum atomic E-state index is 13.5. The van der Waals surface area contributed by atoms with Crippen molar-refractivity contribution >= 4 is 5.91 Å². The Hall–Kier alpha value is -2.66. The monoisotopic (exact) mass is 436 g/mol. The SMILES string of the molecule is COc1ccc([C@H]2/C=C\CN(CC3CCCCC3)CC(=O)N2Cc2ccc(F)cc2)cc1. The van der Waals surface area contributed by atoms with E-state index in [1.807, 2.05) is 29.2 Å². The Morgan fingerprint density at radius 1 is 1.00 bits per heavy atom. The lowest BCUT2D eigenvalue weighted by atomic mass is 9.89. The number of rotatable bonds is 6. The van der Waals surface area contributed by atoms with Crippen LogP contribution < -0.4 is 4.74 Å². The Labute approximate surface area is 190 Å². The van der Waals surface area contributed by atoms with Crippen molar-refractivity contribution < 1.29 is 13.9 Å². The molecule has 0 bridgehead atoms. The van der Waals surface area contributed by atoms with Crippen LogP contribution in [0.4, 0.5) is 4.39 Å². The van der Waals surface area contributed by atoms with E-state index >= 15 is 0 Å². The smallest absolute Gasteiger partial charge is 0.237 e. The molecule has 4 nitrogen and oxygen atoms in total. The lowest BCUT2D eigenvalue weighted by Gasteiger charge is -2.36. The minimum atomic E-state index is -0.266. The number of hydrogen-bond acceptors (Lipinski definition) is 3. The van der Waals surface area contributed by atoms with E-state index in [0.717, 1.165) is 30.0 Å². The van der Waals surface area contributed by atoms with Gasteiger partial charge in [0.05, 0.1) is 19.7 Å². The summed E-state index contributed by atoms with van der Waals surface area (Å²) in [5.74, 6) is 1.32. The molecule has 1 atom stereocenters. The second kappa shape index (κ2) is 10.8. The number of ether oxygens (including phenoxy) is 1. The van der Waals surface area contributed by atoms with Crippen molar-refractivity contribution in [3.05, 3.63) is 77.6 Å². The number of carbonyl (C=O) groups is 1. The van der Waals surface area contributed by atoms with E-state index in [1.54, 1.807) is 19.2 Å². The molecular weight excluding hydrogens is 403 g/mol. The zero-order valence-corrected chi connectivity index (χ0v) is 18.9. The standard InChI is InChI=1S/C27H33FN2O2/c1-32-25-15-11-23(12-16-25)26-8-5-17-29(18-21-6-3-2-4-7-21)20-27(31)30(26)19-22-9-13-24(28)14-10-22/h5,8-16,21,26H,2-4,6-7,17-20H2,1H3/b8-5-/t26-/m1/s1. The van der Waals surface area contributed by atoms with E-state index in [1.165, 1.54) is 44.2 Å². The molecule has 2 aromatic rings. The van der Waals surface area contributed by atoms with Gasteiger partial charge in [0.1, 0.15) is 11.6 Å². The van der Waals surface area contributed by atoms with Crippen LogP contribution in [0.1, 0.15) is 49.3 Å². The quantitative estimate of drug-likeness (QED) is 0.572. The first kappa shape index (κ1) is 22.5. The highest BCUT2D eigenvalue weighted by Crippen LogP contribution is 2.29. The Balaban J connectivity index is 1.58. The number of benzene rings is 2. The molecule has 0 saturated heterocycles. The van der Waals surface area contributed by atoms with E-state index in [-0.39, 0.29) is 17.8 Å². The van der Waals surface area contributed by atoms with Crippen LogP contribution in [0.5, 0.6) is 5.75 Å². The van der Waals surface area contributed by atoms with Crippen LogP contribution >= 0.6 is 0 Å². The average molecular weight is 437 g/mol. The molecule has 0 unspecified atom stereocenters. The number of amides is 1. The highest BCUT2D eigenvalue weighted by molar-refractivity contribution is 5.79. The molecule has 32 heavy (non-hydrogen) atoms. The summed E-state index contributed by atoms with van der Waals surface area (Å²) < 4.78 is 18.7. The zero-order chi connectivity index (χ0) is 22.3. The van der Waals surface area contributed by atoms with Crippen LogP contribution in [-0.2, 0) is 11.3 Å². The van der Waals surface area contributed by atoms with Gasteiger partial charge in [-0.3, -0.25) is 9.69 Å². The zero-order valence-electron chi connectivity index (χ0n) is 18.9. The van der Waals surface area contributed by atoms with E-state index in [9.17, 15) is 9.18 Å². The molecule has 1 fully saturated rings. The molecule has 0 spiro atoms. The fourth-order valence-corrected chi connectivity index (χ4v) is 4.88. The summed E-state index contributed by atoms with van der Waals surface area (Å²) in [6.07, 6.45) is 10.8. The van der Waals surface area contributed by atoms with Gasteiger partial charge in [0.25, 0.3) is 0 Å². The maximum Gasteiger partial charge on any atom is 0.237 e. The van der Waals surface area contributed by atoms with E-state index < -0.39 is 0 Å². The summed E-state index contributed by atoms with van der Waals surface area (Å²) >= 11 is 0. The fraction of sp³-hybridized carbons (Fsp3) is 0.444. The topological polar surface area (TPSA) is 32.8 Å². The number of methoxy groups -OCH3 is 1. The molecule has 2 aromatic carbocycles. The van der Waals surface area contributed by atoms with Crippen LogP contribution in [0.3, 0.4) is 0 Å². The third-order valence-electron chi connectivity index (χ3n) is 6.66. The molecule has 170 valence electrons. The van der Waals surface area contributed by atoms with Crippen molar-refractivity contribution in [2.24, 2.45) is 5.92 Å². The molecule has 0 aromatic heterocycles. The Bertz CT molecular complexity index is 904. The van der Waals surface area contributed by atoms with Crippen molar-refractivity contribution in [1.29, 1.82) is 0 Å². The normalized spacial score (nSPS) is 21.8.